The summed E-state index contributed by atoms with van der Waals surface area (Å²) in [6.07, 6.45) is 3.66. The molecular weight excluding hydrogens is 380 g/mol. The van der Waals surface area contributed by atoms with Gasteiger partial charge in [0.15, 0.2) is 0 Å². The van der Waals surface area contributed by atoms with E-state index >= 15 is 0 Å². The monoisotopic (exact) mass is 404 g/mol. The van der Waals surface area contributed by atoms with E-state index in [4.69, 9.17) is 9.15 Å². The maximum Gasteiger partial charge on any atom is 0.270 e. The van der Waals surface area contributed by atoms with Crippen LogP contribution in [-0.2, 0) is 11.2 Å². The number of benzene rings is 2. The lowest BCUT2D eigenvalue weighted by molar-refractivity contribution is -0.126. The molecule has 1 N–H and O–H groups in total. The Bertz CT molecular complexity index is 1010. The van der Waals surface area contributed by atoms with Crippen LogP contribution in [0.15, 0.2) is 83.1 Å². The summed E-state index contributed by atoms with van der Waals surface area (Å²) in [5.41, 5.74) is 1.61. The quantitative estimate of drug-likeness (QED) is 0.581. The molecule has 3 rings (SSSR count). The van der Waals surface area contributed by atoms with Crippen LogP contribution in [0.3, 0.4) is 0 Å². The molecule has 3 aromatic rings. The summed E-state index contributed by atoms with van der Waals surface area (Å²) in [4.78, 5) is 27.2. The third-order valence-corrected chi connectivity index (χ3v) is 4.60. The molecule has 2 amide bonds. The summed E-state index contributed by atoms with van der Waals surface area (Å²) in [6, 6.07) is 19.9. The van der Waals surface area contributed by atoms with Gasteiger partial charge in [-0.25, -0.2) is 0 Å². The summed E-state index contributed by atoms with van der Waals surface area (Å²) in [5, 5.41) is 2.72. The molecule has 154 valence electrons. The van der Waals surface area contributed by atoms with Crippen molar-refractivity contribution in [1.82, 2.24) is 10.2 Å². The highest BCUT2D eigenvalue weighted by Gasteiger charge is 2.19. The number of furan rings is 1. The number of carbonyl (C=O) groups is 2. The number of hydrogen-bond donors (Lipinski definition) is 1. The molecule has 0 fully saturated rings. The fourth-order valence-electron chi connectivity index (χ4n) is 2.96. The van der Waals surface area contributed by atoms with E-state index in [-0.39, 0.29) is 17.5 Å². The largest absolute Gasteiger partial charge is 0.496 e. The van der Waals surface area contributed by atoms with E-state index in [0.29, 0.717) is 24.3 Å². The van der Waals surface area contributed by atoms with Gasteiger partial charge in [-0.2, -0.15) is 0 Å². The number of likely N-dealkylation sites (N-methyl/N-ethyl adjacent to an activating group) is 1. The second kappa shape index (κ2) is 10.1. The van der Waals surface area contributed by atoms with E-state index in [2.05, 4.69) is 5.32 Å². The number of nitrogens with one attached hydrogen (secondary N) is 1. The summed E-state index contributed by atoms with van der Waals surface area (Å²) in [7, 11) is 3.32. The first-order chi connectivity index (χ1) is 14.6. The highest BCUT2D eigenvalue weighted by Crippen LogP contribution is 2.18. The second-order valence-corrected chi connectivity index (χ2v) is 6.68. The van der Waals surface area contributed by atoms with Crippen LogP contribution >= 0.6 is 0 Å². The zero-order valence-corrected chi connectivity index (χ0v) is 17.0. The first-order valence-corrected chi connectivity index (χ1v) is 9.57. The van der Waals surface area contributed by atoms with Crippen molar-refractivity contribution in [3.63, 3.8) is 0 Å². The standard InChI is InChI=1S/C24H24N2O4/c1-26(15-14-18-9-6-7-13-22(18)29-2)24(28)21(17-20-12-8-16-30-20)25-23(27)19-10-4-3-5-11-19/h3-13,16-17H,14-15H2,1-2H3,(H,25,27). The van der Waals surface area contributed by atoms with Gasteiger partial charge in [-0.3, -0.25) is 9.59 Å². The molecule has 6 heteroatoms. The minimum atomic E-state index is -0.361. The molecule has 6 nitrogen and oxygen atoms in total. The Balaban J connectivity index is 1.75. The number of para-hydroxylation sites is 1. The lowest BCUT2D eigenvalue weighted by Crippen LogP contribution is -2.37. The molecule has 0 aliphatic carbocycles. The van der Waals surface area contributed by atoms with Gasteiger partial charge in [0, 0.05) is 25.2 Å². The minimum absolute atomic E-state index is 0.140. The lowest BCUT2D eigenvalue weighted by atomic mass is 10.1. The van der Waals surface area contributed by atoms with Crippen LogP contribution in [0, 0.1) is 0 Å². The fourth-order valence-corrected chi connectivity index (χ4v) is 2.96. The number of ether oxygens (including phenoxy) is 1. The Morgan fingerprint density at radius 2 is 1.77 bits per heavy atom. The highest BCUT2D eigenvalue weighted by atomic mass is 16.5. The van der Waals surface area contributed by atoms with Crippen molar-refractivity contribution < 1.29 is 18.7 Å². The average molecular weight is 404 g/mol. The topological polar surface area (TPSA) is 71.8 Å². The molecule has 0 atom stereocenters. The Hall–Kier alpha value is -3.80. The van der Waals surface area contributed by atoms with Crippen LogP contribution in [-0.4, -0.2) is 37.4 Å². The van der Waals surface area contributed by atoms with E-state index in [1.807, 2.05) is 30.3 Å². The number of hydrogen-bond acceptors (Lipinski definition) is 4. The molecule has 1 heterocycles. The molecule has 0 saturated heterocycles. The van der Waals surface area contributed by atoms with E-state index < -0.39 is 0 Å². The van der Waals surface area contributed by atoms with Gasteiger partial charge in [-0.1, -0.05) is 36.4 Å². The second-order valence-electron chi connectivity index (χ2n) is 6.68. The highest BCUT2D eigenvalue weighted by molar-refractivity contribution is 6.05. The van der Waals surface area contributed by atoms with Crippen molar-refractivity contribution >= 4 is 17.9 Å². The van der Waals surface area contributed by atoms with Crippen LogP contribution in [0.25, 0.3) is 6.08 Å². The van der Waals surface area contributed by atoms with Crippen molar-refractivity contribution in [3.05, 3.63) is 95.6 Å². The van der Waals surface area contributed by atoms with Gasteiger partial charge in [-0.05, 0) is 42.3 Å². The van der Waals surface area contributed by atoms with Crippen molar-refractivity contribution in [2.24, 2.45) is 0 Å². The molecule has 0 radical (unpaired) electrons. The molecule has 0 aliphatic rings. The Morgan fingerprint density at radius 3 is 2.47 bits per heavy atom. The summed E-state index contributed by atoms with van der Waals surface area (Å²) in [6.45, 7) is 0.454. The third kappa shape index (κ3) is 5.38. The molecule has 0 bridgehead atoms. The third-order valence-electron chi connectivity index (χ3n) is 4.60. The van der Waals surface area contributed by atoms with Gasteiger partial charge >= 0.3 is 0 Å². The zero-order chi connectivity index (χ0) is 21.3. The van der Waals surface area contributed by atoms with Gasteiger partial charge in [0.1, 0.15) is 17.2 Å². The van der Waals surface area contributed by atoms with Crippen molar-refractivity contribution in [3.8, 4) is 5.75 Å². The van der Waals surface area contributed by atoms with Crippen LogP contribution in [0.2, 0.25) is 0 Å². The number of rotatable bonds is 8. The van der Waals surface area contributed by atoms with Crippen molar-refractivity contribution in [2.45, 2.75) is 6.42 Å². The minimum Gasteiger partial charge on any atom is -0.496 e. The van der Waals surface area contributed by atoms with Gasteiger partial charge in [0.2, 0.25) is 0 Å². The predicted molar refractivity (Wildman–Crippen MR) is 115 cm³/mol. The smallest absolute Gasteiger partial charge is 0.270 e. The molecule has 0 spiro atoms. The number of carbonyl (C=O) groups excluding carboxylic acids is 2. The number of amides is 2. The van der Waals surface area contributed by atoms with Crippen molar-refractivity contribution in [1.29, 1.82) is 0 Å². The first-order valence-electron chi connectivity index (χ1n) is 9.57. The normalized spacial score (nSPS) is 11.1. The predicted octanol–water partition coefficient (Wildman–Crippen LogP) is 3.76. The fraction of sp³-hybridized carbons (Fsp3) is 0.167. The zero-order valence-electron chi connectivity index (χ0n) is 17.0. The van der Waals surface area contributed by atoms with Crippen LogP contribution < -0.4 is 10.1 Å². The molecule has 0 unspecified atom stereocenters. The Labute approximate surface area is 175 Å². The molecule has 30 heavy (non-hydrogen) atoms. The Morgan fingerprint density at radius 1 is 1.03 bits per heavy atom. The Kier molecular flexibility index (Phi) is 7.05. The maximum atomic E-state index is 13.1. The van der Waals surface area contributed by atoms with E-state index in [0.717, 1.165) is 11.3 Å². The summed E-state index contributed by atoms with van der Waals surface area (Å²) < 4.78 is 10.7. The molecule has 1 aromatic heterocycles. The summed E-state index contributed by atoms with van der Waals surface area (Å²) in [5.74, 6) is 0.581. The summed E-state index contributed by atoms with van der Waals surface area (Å²) >= 11 is 0. The number of methoxy groups -OCH3 is 1. The van der Waals surface area contributed by atoms with E-state index in [9.17, 15) is 9.59 Å². The molecule has 0 aliphatic heterocycles. The SMILES string of the molecule is COc1ccccc1CCN(C)C(=O)C(=Cc1ccco1)NC(=O)c1ccccc1. The van der Waals surface area contributed by atoms with E-state index in [1.54, 1.807) is 55.5 Å². The van der Waals surface area contributed by atoms with Crippen LogP contribution in [0.5, 0.6) is 5.75 Å². The number of nitrogens with zero attached hydrogens (tertiary/aromatic N) is 1. The van der Waals surface area contributed by atoms with E-state index in [1.165, 1.54) is 12.3 Å². The molecule has 0 saturated carbocycles. The van der Waals surface area contributed by atoms with Crippen LogP contribution in [0.4, 0.5) is 0 Å². The average Bonchev–Trinajstić information content (AvgIpc) is 3.30. The van der Waals surface area contributed by atoms with Gasteiger partial charge < -0.3 is 19.4 Å². The van der Waals surface area contributed by atoms with Gasteiger partial charge in [-0.15, -0.1) is 0 Å². The van der Waals surface area contributed by atoms with Crippen molar-refractivity contribution in [2.75, 3.05) is 20.7 Å². The van der Waals surface area contributed by atoms with Gasteiger partial charge in [0.05, 0.1) is 13.4 Å². The van der Waals surface area contributed by atoms with Gasteiger partial charge in [0.25, 0.3) is 11.8 Å². The lowest BCUT2D eigenvalue weighted by Gasteiger charge is -2.20. The molecular formula is C24H24N2O4. The molecule has 2 aromatic carbocycles. The maximum absolute atomic E-state index is 13.1. The first kappa shape index (κ1) is 20.9. The van der Waals surface area contributed by atoms with Crippen LogP contribution in [0.1, 0.15) is 21.7 Å².